The van der Waals surface area contributed by atoms with Gasteiger partial charge in [-0.3, -0.25) is 19.4 Å². The molecular formula is C18H32N4O2. The van der Waals surface area contributed by atoms with Crippen LogP contribution in [-0.4, -0.2) is 95.9 Å². The summed E-state index contributed by atoms with van der Waals surface area (Å²) in [5.74, 6) is 1.06. The predicted molar refractivity (Wildman–Crippen MR) is 93.6 cm³/mol. The van der Waals surface area contributed by atoms with E-state index in [2.05, 4.69) is 23.6 Å². The van der Waals surface area contributed by atoms with Gasteiger partial charge in [0.25, 0.3) is 0 Å². The maximum absolute atomic E-state index is 12.7. The molecule has 0 spiro atoms. The van der Waals surface area contributed by atoms with Crippen LogP contribution in [0.3, 0.4) is 0 Å². The Hall–Kier alpha value is -1.14. The van der Waals surface area contributed by atoms with Crippen LogP contribution in [0, 0.1) is 5.92 Å². The molecule has 3 aliphatic rings. The van der Waals surface area contributed by atoms with Gasteiger partial charge in [-0.1, -0.05) is 6.92 Å². The first kappa shape index (κ1) is 17.7. The molecule has 136 valence electrons. The highest BCUT2D eigenvalue weighted by molar-refractivity contribution is 5.81. The van der Waals surface area contributed by atoms with Crippen molar-refractivity contribution in [2.24, 2.45) is 5.92 Å². The minimum absolute atomic E-state index is 0.00550. The first-order valence-corrected chi connectivity index (χ1v) is 9.49. The summed E-state index contributed by atoms with van der Waals surface area (Å²) in [5, 5.41) is 0. The largest absolute Gasteiger partial charge is 0.341 e. The number of likely N-dealkylation sites (tertiary alicyclic amines) is 2. The number of hydrogen-bond acceptors (Lipinski definition) is 4. The lowest BCUT2D eigenvalue weighted by molar-refractivity contribution is -0.135. The van der Waals surface area contributed by atoms with Crippen LogP contribution in [0.5, 0.6) is 0 Å². The van der Waals surface area contributed by atoms with Crippen LogP contribution < -0.4 is 0 Å². The third kappa shape index (κ3) is 3.59. The minimum atomic E-state index is -0.00550. The fourth-order valence-electron chi connectivity index (χ4n) is 4.50. The zero-order chi connectivity index (χ0) is 17.3. The molecule has 3 fully saturated rings. The van der Waals surface area contributed by atoms with Crippen LogP contribution in [0.2, 0.25) is 0 Å². The lowest BCUT2D eigenvalue weighted by Crippen LogP contribution is -2.53. The van der Waals surface area contributed by atoms with Crippen molar-refractivity contribution in [3.63, 3.8) is 0 Å². The van der Waals surface area contributed by atoms with E-state index >= 15 is 0 Å². The van der Waals surface area contributed by atoms with E-state index in [1.165, 1.54) is 0 Å². The average molecular weight is 336 g/mol. The summed E-state index contributed by atoms with van der Waals surface area (Å²) in [6.45, 7) is 13.4. The van der Waals surface area contributed by atoms with Gasteiger partial charge in [-0.05, 0) is 25.7 Å². The smallest absolute Gasteiger partial charge is 0.239 e. The van der Waals surface area contributed by atoms with Gasteiger partial charge in [-0.15, -0.1) is 0 Å². The minimum Gasteiger partial charge on any atom is -0.341 e. The molecule has 0 aliphatic carbocycles. The summed E-state index contributed by atoms with van der Waals surface area (Å²) < 4.78 is 0. The zero-order valence-corrected chi connectivity index (χ0v) is 15.4. The number of carbonyl (C=O) groups is 2. The van der Waals surface area contributed by atoms with Crippen molar-refractivity contribution >= 4 is 11.8 Å². The number of rotatable bonds is 3. The molecule has 0 aromatic rings. The molecule has 24 heavy (non-hydrogen) atoms. The van der Waals surface area contributed by atoms with Gasteiger partial charge < -0.3 is 9.80 Å². The predicted octanol–water partition coefficient (Wildman–Crippen LogP) is 0.482. The molecule has 3 rings (SSSR count). The molecule has 0 bridgehead atoms. The van der Waals surface area contributed by atoms with Gasteiger partial charge in [-0.25, -0.2) is 0 Å². The standard InChI is InChI=1S/C18H32N4O2/c1-14-12-22(15(2)18(24)21-6-4-5-7-21)13-17(14)20-10-8-19(9-11-20)16(3)23/h14-15,17H,4-13H2,1-3H3/t14-,15-,17+/m0/s1. The van der Waals surface area contributed by atoms with Crippen molar-refractivity contribution in [3.8, 4) is 0 Å². The van der Waals surface area contributed by atoms with Crippen LogP contribution in [-0.2, 0) is 9.59 Å². The van der Waals surface area contributed by atoms with Gasteiger partial charge in [-0.2, -0.15) is 0 Å². The Kier molecular flexibility index (Phi) is 5.45. The lowest BCUT2D eigenvalue weighted by atomic mass is 10.0. The van der Waals surface area contributed by atoms with Crippen molar-refractivity contribution in [1.29, 1.82) is 0 Å². The molecule has 0 N–H and O–H groups in total. The summed E-state index contributed by atoms with van der Waals surface area (Å²) in [6.07, 6.45) is 2.30. The van der Waals surface area contributed by atoms with Crippen LogP contribution in [0.4, 0.5) is 0 Å². The molecule has 0 saturated carbocycles. The molecule has 2 amide bonds. The van der Waals surface area contributed by atoms with Gasteiger partial charge >= 0.3 is 0 Å². The van der Waals surface area contributed by atoms with Crippen molar-refractivity contribution in [2.75, 3.05) is 52.4 Å². The number of hydrogen-bond donors (Lipinski definition) is 0. The van der Waals surface area contributed by atoms with Gasteiger partial charge in [0.2, 0.25) is 11.8 Å². The SMILES string of the molecule is CC(=O)N1CCN([C@@H]2CN([C@@H](C)C(=O)N3CCCC3)C[C@@H]2C)CC1. The molecule has 0 unspecified atom stereocenters. The Balaban J connectivity index is 1.54. The molecule has 6 nitrogen and oxygen atoms in total. The molecule has 0 radical (unpaired) electrons. The van der Waals surface area contributed by atoms with E-state index in [4.69, 9.17) is 0 Å². The van der Waals surface area contributed by atoms with E-state index in [0.717, 1.165) is 65.2 Å². The van der Waals surface area contributed by atoms with E-state index < -0.39 is 0 Å². The number of carbonyl (C=O) groups excluding carboxylic acids is 2. The van der Waals surface area contributed by atoms with E-state index in [1.54, 1.807) is 6.92 Å². The Morgan fingerprint density at radius 3 is 2.12 bits per heavy atom. The van der Waals surface area contributed by atoms with Crippen molar-refractivity contribution in [3.05, 3.63) is 0 Å². The first-order chi connectivity index (χ1) is 11.5. The van der Waals surface area contributed by atoms with Crippen LogP contribution in [0.15, 0.2) is 0 Å². The molecule has 3 atom stereocenters. The summed E-state index contributed by atoms with van der Waals surface area (Å²) in [7, 11) is 0. The first-order valence-electron chi connectivity index (χ1n) is 9.49. The molecule has 0 aromatic heterocycles. The normalized spacial score (nSPS) is 30.8. The highest BCUT2D eigenvalue weighted by atomic mass is 16.2. The Bertz CT molecular complexity index is 470. The Morgan fingerprint density at radius 2 is 1.54 bits per heavy atom. The van der Waals surface area contributed by atoms with Gasteiger partial charge in [0, 0.05) is 65.3 Å². The quantitative estimate of drug-likeness (QED) is 0.752. The second kappa shape index (κ2) is 7.40. The van der Waals surface area contributed by atoms with Gasteiger partial charge in [0.1, 0.15) is 0 Å². The molecule has 3 heterocycles. The monoisotopic (exact) mass is 336 g/mol. The lowest BCUT2D eigenvalue weighted by Gasteiger charge is -2.39. The zero-order valence-electron chi connectivity index (χ0n) is 15.4. The van der Waals surface area contributed by atoms with Crippen LogP contribution in [0.1, 0.15) is 33.6 Å². The van der Waals surface area contributed by atoms with Crippen molar-refractivity contribution < 1.29 is 9.59 Å². The summed E-state index contributed by atoms with van der Waals surface area (Å²) in [5.41, 5.74) is 0. The van der Waals surface area contributed by atoms with E-state index in [9.17, 15) is 9.59 Å². The summed E-state index contributed by atoms with van der Waals surface area (Å²) in [4.78, 5) is 33.0. The van der Waals surface area contributed by atoms with Gasteiger partial charge in [0.15, 0.2) is 0 Å². The highest BCUT2D eigenvalue weighted by Crippen LogP contribution is 2.25. The topological polar surface area (TPSA) is 47.1 Å². The summed E-state index contributed by atoms with van der Waals surface area (Å²) >= 11 is 0. The second-order valence-electron chi connectivity index (χ2n) is 7.75. The van der Waals surface area contributed by atoms with E-state index in [1.807, 2.05) is 9.80 Å². The maximum Gasteiger partial charge on any atom is 0.239 e. The molecular weight excluding hydrogens is 304 g/mol. The second-order valence-corrected chi connectivity index (χ2v) is 7.75. The van der Waals surface area contributed by atoms with E-state index in [0.29, 0.717) is 17.9 Å². The molecule has 3 aliphatic heterocycles. The molecule has 0 aromatic carbocycles. The average Bonchev–Trinajstić information content (AvgIpc) is 3.23. The fraction of sp³-hybridized carbons (Fsp3) is 0.889. The Morgan fingerprint density at radius 1 is 0.917 bits per heavy atom. The number of piperazine rings is 1. The summed E-state index contributed by atoms with van der Waals surface area (Å²) in [6, 6.07) is 0.502. The fourth-order valence-corrected chi connectivity index (χ4v) is 4.50. The van der Waals surface area contributed by atoms with Crippen molar-refractivity contribution in [2.45, 2.75) is 45.7 Å². The molecule has 3 saturated heterocycles. The van der Waals surface area contributed by atoms with Crippen molar-refractivity contribution in [1.82, 2.24) is 19.6 Å². The van der Waals surface area contributed by atoms with Crippen LogP contribution in [0.25, 0.3) is 0 Å². The number of nitrogens with zero attached hydrogens (tertiary/aromatic N) is 4. The Labute approximate surface area is 145 Å². The number of amides is 2. The third-order valence-corrected chi connectivity index (χ3v) is 6.15. The third-order valence-electron chi connectivity index (χ3n) is 6.15. The van der Waals surface area contributed by atoms with E-state index in [-0.39, 0.29) is 11.9 Å². The maximum atomic E-state index is 12.7. The highest BCUT2D eigenvalue weighted by Gasteiger charge is 2.39. The molecule has 6 heteroatoms. The van der Waals surface area contributed by atoms with Crippen LogP contribution >= 0.6 is 0 Å². The van der Waals surface area contributed by atoms with Gasteiger partial charge in [0.05, 0.1) is 6.04 Å².